The van der Waals surface area contributed by atoms with Crippen molar-refractivity contribution in [2.45, 2.75) is 44.8 Å². The highest BCUT2D eigenvalue weighted by Crippen LogP contribution is 2.29. The molecule has 0 aliphatic heterocycles. The molecule has 1 aliphatic carbocycles. The molecule has 2 amide bonds. The third-order valence-electron chi connectivity index (χ3n) is 2.93. The molecular formula is C12H19F3N2O3. The first-order valence-electron chi connectivity index (χ1n) is 6.58. The Bertz CT molecular complexity index is 356. The Morgan fingerprint density at radius 1 is 1.25 bits per heavy atom. The highest BCUT2D eigenvalue weighted by atomic mass is 19.4. The van der Waals surface area contributed by atoms with Gasteiger partial charge in [0.15, 0.2) is 0 Å². The Balaban J connectivity index is 2.70. The predicted octanol–water partition coefficient (Wildman–Crippen LogP) is 2.32. The Labute approximate surface area is 115 Å². The number of carboxylic acids is 1. The van der Waals surface area contributed by atoms with Gasteiger partial charge in [0.05, 0.1) is 6.42 Å². The number of nitrogens with zero attached hydrogens (tertiary/aromatic N) is 2. The Hall–Kier alpha value is -1.47. The molecule has 5 nitrogen and oxygen atoms in total. The van der Waals surface area contributed by atoms with E-state index in [4.69, 9.17) is 5.11 Å². The number of carboxylic acid groups (broad SMARTS) is 1. The summed E-state index contributed by atoms with van der Waals surface area (Å²) in [7, 11) is 0. The number of amides is 2. The first-order chi connectivity index (χ1) is 9.24. The number of halogens is 3. The summed E-state index contributed by atoms with van der Waals surface area (Å²) >= 11 is 0. The number of carbonyl (C=O) groups excluding carboxylic acids is 1. The van der Waals surface area contributed by atoms with Crippen molar-refractivity contribution in [2.24, 2.45) is 0 Å². The largest absolute Gasteiger partial charge is 0.481 e. The summed E-state index contributed by atoms with van der Waals surface area (Å²) < 4.78 is 37.4. The Morgan fingerprint density at radius 3 is 2.25 bits per heavy atom. The molecule has 0 heterocycles. The lowest BCUT2D eigenvalue weighted by Crippen LogP contribution is -2.48. The summed E-state index contributed by atoms with van der Waals surface area (Å²) in [4.78, 5) is 24.7. The second kappa shape index (κ2) is 6.81. The van der Waals surface area contributed by atoms with Crippen molar-refractivity contribution in [1.29, 1.82) is 0 Å². The zero-order valence-corrected chi connectivity index (χ0v) is 11.3. The van der Waals surface area contributed by atoms with Crippen LogP contribution in [-0.4, -0.2) is 58.8 Å². The maximum atomic E-state index is 12.5. The fourth-order valence-corrected chi connectivity index (χ4v) is 1.95. The minimum atomic E-state index is -4.45. The van der Waals surface area contributed by atoms with Crippen LogP contribution in [-0.2, 0) is 4.79 Å². The van der Waals surface area contributed by atoms with E-state index in [9.17, 15) is 22.8 Å². The molecule has 0 radical (unpaired) electrons. The van der Waals surface area contributed by atoms with E-state index in [1.807, 2.05) is 0 Å². The van der Waals surface area contributed by atoms with E-state index < -0.39 is 24.7 Å². The van der Waals surface area contributed by atoms with Crippen LogP contribution in [0.15, 0.2) is 0 Å². The summed E-state index contributed by atoms with van der Waals surface area (Å²) in [5, 5.41) is 8.64. The molecule has 1 aliphatic rings. The second-order valence-corrected chi connectivity index (χ2v) is 4.89. The van der Waals surface area contributed by atoms with Gasteiger partial charge in [-0.1, -0.05) is 6.92 Å². The minimum absolute atomic E-state index is 0.00857. The standard InChI is InChI=1S/C12H19F3N2O3/c1-2-6-16(8-12(13,14)15)11(20)17(9-3-4-9)7-5-10(18)19/h9H,2-8H2,1H3,(H,18,19). The molecule has 1 fully saturated rings. The molecule has 0 aromatic heterocycles. The van der Waals surface area contributed by atoms with Gasteiger partial charge in [-0.3, -0.25) is 4.79 Å². The number of urea groups is 1. The average molecular weight is 296 g/mol. The predicted molar refractivity (Wildman–Crippen MR) is 65.3 cm³/mol. The smallest absolute Gasteiger partial charge is 0.406 e. The number of rotatable bonds is 7. The monoisotopic (exact) mass is 296 g/mol. The molecule has 20 heavy (non-hydrogen) atoms. The zero-order valence-electron chi connectivity index (χ0n) is 11.3. The van der Waals surface area contributed by atoms with Crippen LogP contribution >= 0.6 is 0 Å². The summed E-state index contributed by atoms with van der Waals surface area (Å²) in [6.07, 6.45) is -2.85. The van der Waals surface area contributed by atoms with Gasteiger partial charge in [0.2, 0.25) is 0 Å². The van der Waals surface area contributed by atoms with Gasteiger partial charge in [0.25, 0.3) is 0 Å². The lowest BCUT2D eigenvalue weighted by atomic mass is 10.3. The van der Waals surface area contributed by atoms with Gasteiger partial charge >= 0.3 is 18.2 Å². The van der Waals surface area contributed by atoms with Crippen molar-refractivity contribution in [3.8, 4) is 0 Å². The van der Waals surface area contributed by atoms with Crippen molar-refractivity contribution < 1.29 is 27.9 Å². The van der Waals surface area contributed by atoms with Gasteiger partial charge in [-0.25, -0.2) is 4.79 Å². The Morgan fingerprint density at radius 2 is 1.85 bits per heavy atom. The number of alkyl halides is 3. The van der Waals surface area contributed by atoms with Crippen molar-refractivity contribution in [3.63, 3.8) is 0 Å². The Kier molecular flexibility index (Phi) is 5.64. The fourth-order valence-electron chi connectivity index (χ4n) is 1.95. The van der Waals surface area contributed by atoms with Gasteiger partial charge in [-0.2, -0.15) is 13.2 Å². The van der Waals surface area contributed by atoms with E-state index in [1.54, 1.807) is 6.92 Å². The first-order valence-corrected chi connectivity index (χ1v) is 6.58. The molecule has 0 unspecified atom stereocenters. The van der Waals surface area contributed by atoms with Crippen LogP contribution in [0.4, 0.5) is 18.0 Å². The topological polar surface area (TPSA) is 60.9 Å². The highest BCUT2D eigenvalue weighted by molar-refractivity contribution is 5.76. The summed E-state index contributed by atoms with van der Waals surface area (Å²) in [5.74, 6) is -1.07. The van der Waals surface area contributed by atoms with Crippen LogP contribution in [0, 0.1) is 0 Å². The second-order valence-electron chi connectivity index (χ2n) is 4.89. The molecule has 1 rings (SSSR count). The van der Waals surface area contributed by atoms with Gasteiger partial charge in [-0.05, 0) is 19.3 Å². The van der Waals surface area contributed by atoms with Gasteiger partial charge < -0.3 is 14.9 Å². The molecule has 0 bridgehead atoms. The number of aliphatic carboxylic acids is 1. The number of carbonyl (C=O) groups is 2. The summed E-state index contributed by atoms with van der Waals surface area (Å²) in [6, 6.07) is -0.831. The van der Waals surface area contributed by atoms with Crippen LogP contribution < -0.4 is 0 Å². The first kappa shape index (κ1) is 16.6. The van der Waals surface area contributed by atoms with Crippen LogP contribution in [0.1, 0.15) is 32.6 Å². The lowest BCUT2D eigenvalue weighted by molar-refractivity contribution is -0.142. The van der Waals surface area contributed by atoms with Crippen LogP contribution in [0.25, 0.3) is 0 Å². The number of hydrogen-bond acceptors (Lipinski definition) is 2. The minimum Gasteiger partial charge on any atom is -0.481 e. The van der Waals surface area contributed by atoms with E-state index in [0.717, 1.165) is 17.7 Å². The maximum absolute atomic E-state index is 12.5. The van der Waals surface area contributed by atoms with E-state index in [0.29, 0.717) is 6.42 Å². The number of hydrogen-bond donors (Lipinski definition) is 1. The molecule has 0 aromatic carbocycles. The van der Waals surface area contributed by atoms with Crippen molar-refractivity contribution in [2.75, 3.05) is 19.6 Å². The van der Waals surface area contributed by atoms with E-state index >= 15 is 0 Å². The van der Waals surface area contributed by atoms with E-state index in [1.165, 1.54) is 4.90 Å². The third-order valence-corrected chi connectivity index (χ3v) is 2.93. The van der Waals surface area contributed by atoms with Gasteiger partial charge in [0, 0.05) is 19.1 Å². The van der Waals surface area contributed by atoms with E-state index in [-0.39, 0.29) is 25.6 Å². The van der Waals surface area contributed by atoms with E-state index in [2.05, 4.69) is 0 Å². The lowest BCUT2D eigenvalue weighted by Gasteiger charge is -2.31. The molecule has 0 spiro atoms. The average Bonchev–Trinajstić information content (AvgIpc) is 3.10. The summed E-state index contributed by atoms with van der Waals surface area (Å²) in [5.41, 5.74) is 0. The van der Waals surface area contributed by atoms with Crippen molar-refractivity contribution >= 4 is 12.0 Å². The van der Waals surface area contributed by atoms with Crippen molar-refractivity contribution in [1.82, 2.24) is 9.80 Å². The summed E-state index contributed by atoms with van der Waals surface area (Å²) in [6.45, 7) is 0.358. The maximum Gasteiger partial charge on any atom is 0.406 e. The third kappa shape index (κ3) is 5.66. The zero-order chi connectivity index (χ0) is 15.3. The highest BCUT2D eigenvalue weighted by Gasteiger charge is 2.38. The molecule has 116 valence electrons. The molecule has 0 saturated heterocycles. The van der Waals surface area contributed by atoms with Gasteiger partial charge in [-0.15, -0.1) is 0 Å². The molecular weight excluding hydrogens is 277 g/mol. The molecule has 1 saturated carbocycles. The normalized spacial score (nSPS) is 15.0. The fraction of sp³-hybridized carbons (Fsp3) is 0.833. The quantitative estimate of drug-likeness (QED) is 0.784. The molecule has 0 atom stereocenters. The van der Waals surface area contributed by atoms with Gasteiger partial charge in [0.1, 0.15) is 6.54 Å². The molecule has 0 aromatic rings. The van der Waals surface area contributed by atoms with Crippen LogP contribution in [0.3, 0.4) is 0 Å². The molecule has 1 N–H and O–H groups in total. The molecule has 8 heteroatoms. The van der Waals surface area contributed by atoms with Crippen molar-refractivity contribution in [3.05, 3.63) is 0 Å². The van der Waals surface area contributed by atoms with Crippen LogP contribution in [0.5, 0.6) is 0 Å². The van der Waals surface area contributed by atoms with Crippen LogP contribution in [0.2, 0.25) is 0 Å². The SMILES string of the molecule is CCCN(CC(F)(F)F)C(=O)N(CCC(=O)O)C1CC1.